The summed E-state index contributed by atoms with van der Waals surface area (Å²) < 4.78 is 16.8. The van der Waals surface area contributed by atoms with Gasteiger partial charge in [0.15, 0.2) is 6.10 Å². The molecule has 0 aromatic carbocycles. The van der Waals surface area contributed by atoms with Gasteiger partial charge in [-0.15, -0.1) is 0 Å². The fraction of sp³-hybridized carbons (Fsp3) is 0.897. The summed E-state index contributed by atoms with van der Waals surface area (Å²) >= 11 is 0. The molecule has 0 aliphatic heterocycles. The van der Waals surface area contributed by atoms with Crippen molar-refractivity contribution in [2.24, 2.45) is 0 Å². The number of ether oxygens (including phenoxy) is 3. The molecule has 0 spiro atoms. The van der Waals surface area contributed by atoms with E-state index in [0.29, 0.717) is 19.3 Å². The Balaban J connectivity index is 3.94. The highest BCUT2D eigenvalue weighted by molar-refractivity contribution is 5.71. The number of allylic oxidation sites excluding steroid dienone is 4. The monoisotopic (exact) mass is 1040 g/mol. The van der Waals surface area contributed by atoms with Crippen molar-refractivity contribution in [2.45, 2.75) is 380 Å². The van der Waals surface area contributed by atoms with Crippen LogP contribution in [0.2, 0.25) is 0 Å². The summed E-state index contributed by atoms with van der Waals surface area (Å²) in [4.78, 5) is 37.9. The third-order valence-corrected chi connectivity index (χ3v) is 15.2. The number of esters is 3. The highest BCUT2D eigenvalue weighted by atomic mass is 16.6. The Morgan fingerprint density at radius 1 is 0.270 bits per heavy atom. The largest absolute Gasteiger partial charge is 0.462 e. The number of hydrogen-bond donors (Lipinski definition) is 0. The Morgan fingerprint density at radius 3 is 0.743 bits per heavy atom. The van der Waals surface area contributed by atoms with Crippen molar-refractivity contribution in [2.75, 3.05) is 13.2 Å². The van der Waals surface area contributed by atoms with Crippen molar-refractivity contribution < 1.29 is 28.6 Å². The summed E-state index contributed by atoms with van der Waals surface area (Å²) in [6, 6.07) is 0. The number of carbonyl (C=O) groups is 3. The molecule has 0 saturated carbocycles. The normalized spacial score (nSPS) is 12.1. The molecule has 0 heterocycles. The Hall–Kier alpha value is -2.11. The van der Waals surface area contributed by atoms with Crippen molar-refractivity contribution in [1.29, 1.82) is 0 Å². The molecule has 0 rings (SSSR count). The predicted molar refractivity (Wildman–Crippen MR) is 321 cm³/mol. The van der Waals surface area contributed by atoms with Crippen LogP contribution in [0.5, 0.6) is 0 Å². The Bertz CT molecular complexity index is 1190. The van der Waals surface area contributed by atoms with Crippen LogP contribution >= 0.6 is 0 Å². The number of hydrogen-bond acceptors (Lipinski definition) is 6. The Kier molecular flexibility index (Phi) is 61.6. The summed E-state index contributed by atoms with van der Waals surface area (Å²) in [5.41, 5.74) is 0. The quantitative estimate of drug-likeness (QED) is 0.0261. The van der Waals surface area contributed by atoms with E-state index in [2.05, 4.69) is 45.1 Å². The smallest absolute Gasteiger partial charge is 0.306 e. The topological polar surface area (TPSA) is 78.9 Å². The molecule has 0 aliphatic carbocycles. The van der Waals surface area contributed by atoms with Gasteiger partial charge in [-0.3, -0.25) is 14.4 Å². The van der Waals surface area contributed by atoms with Crippen LogP contribution in [0.1, 0.15) is 374 Å². The third kappa shape index (κ3) is 60.8. The van der Waals surface area contributed by atoms with Crippen LogP contribution in [0.15, 0.2) is 24.3 Å². The molecule has 0 bridgehead atoms. The van der Waals surface area contributed by atoms with Gasteiger partial charge in [0, 0.05) is 19.3 Å². The minimum absolute atomic E-state index is 0.0655. The first kappa shape index (κ1) is 71.9. The summed E-state index contributed by atoms with van der Waals surface area (Å²) in [5.74, 6) is -0.853. The predicted octanol–water partition coefficient (Wildman–Crippen LogP) is 22.6. The number of carbonyl (C=O) groups excluding carboxylic acids is 3. The molecule has 0 N–H and O–H groups in total. The van der Waals surface area contributed by atoms with Crippen molar-refractivity contribution >= 4 is 17.9 Å². The second-order valence-corrected chi connectivity index (χ2v) is 22.7. The number of unbranched alkanes of at least 4 members (excludes halogenated alkanes) is 47. The van der Waals surface area contributed by atoms with Gasteiger partial charge in [-0.1, -0.05) is 328 Å². The highest BCUT2D eigenvalue weighted by Crippen LogP contribution is 2.18. The van der Waals surface area contributed by atoms with Crippen LogP contribution in [-0.4, -0.2) is 37.2 Å². The molecule has 0 fully saturated rings. The zero-order chi connectivity index (χ0) is 53.6. The first-order chi connectivity index (χ1) is 36.5. The maximum Gasteiger partial charge on any atom is 0.306 e. The molecule has 1 unspecified atom stereocenters. The molecule has 6 nitrogen and oxygen atoms in total. The standard InChI is InChI=1S/C68H128O6/c1-4-7-10-13-15-17-19-21-23-25-27-29-31-32-33-34-35-36-37-39-40-42-44-46-48-50-52-55-58-61-67(70)73-64-65(63-72-66(69)60-57-54-12-9-6-3)74-68(71)62-59-56-53-51-49-47-45-43-41-38-30-28-26-24-22-20-18-16-14-11-8-5-2/h19,21,25,27,65H,4-18,20,22-24,26,28-64H2,1-3H3/b21-19-,27-25-. The zero-order valence-corrected chi connectivity index (χ0v) is 50.1. The van der Waals surface area contributed by atoms with E-state index in [4.69, 9.17) is 14.2 Å². The molecule has 0 amide bonds. The minimum Gasteiger partial charge on any atom is -0.462 e. The molecule has 436 valence electrons. The van der Waals surface area contributed by atoms with Crippen molar-refractivity contribution in [3.8, 4) is 0 Å². The fourth-order valence-electron chi connectivity index (χ4n) is 10.2. The molecule has 1 atom stereocenters. The second kappa shape index (κ2) is 63.4. The lowest BCUT2D eigenvalue weighted by Crippen LogP contribution is -2.30. The maximum atomic E-state index is 12.8. The van der Waals surface area contributed by atoms with E-state index in [-0.39, 0.29) is 31.1 Å². The molecular formula is C68H128O6. The van der Waals surface area contributed by atoms with Gasteiger partial charge in [0.25, 0.3) is 0 Å². The molecule has 0 aliphatic rings. The van der Waals surface area contributed by atoms with Gasteiger partial charge in [0.1, 0.15) is 13.2 Å². The van der Waals surface area contributed by atoms with E-state index in [9.17, 15) is 14.4 Å². The zero-order valence-electron chi connectivity index (χ0n) is 50.1. The van der Waals surface area contributed by atoms with Crippen molar-refractivity contribution in [3.05, 3.63) is 24.3 Å². The van der Waals surface area contributed by atoms with Crippen LogP contribution in [0, 0.1) is 0 Å². The Morgan fingerprint density at radius 2 is 0.486 bits per heavy atom. The molecule has 74 heavy (non-hydrogen) atoms. The average Bonchev–Trinajstić information content (AvgIpc) is 3.40. The summed E-state index contributed by atoms with van der Waals surface area (Å²) in [6.45, 7) is 6.62. The third-order valence-electron chi connectivity index (χ3n) is 15.2. The molecular weight excluding hydrogens is 913 g/mol. The first-order valence-corrected chi connectivity index (χ1v) is 33.3. The van der Waals surface area contributed by atoms with E-state index >= 15 is 0 Å². The van der Waals surface area contributed by atoms with Gasteiger partial charge >= 0.3 is 17.9 Å². The van der Waals surface area contributed by atoms with Gasteiger partial charge in [0.05, 0.1) is 0 Å². The van der Waals surface area contributed by atoms with E-state index in [1.54, 1.807) is 0 Å². The minimum atomic E-state index is -0.763. The maximum absolute atomic E-state index is 12.8. The van der Waals surface area contributed by atoms with E-state index in [0.717, 1.165) is 70.6 Å². The van der Waals surface area contributed by atoms with Crippen molar-refractivity contribution in [3.63, 3.8) is 0 Å². The van der Waals surface area contributed by atoms with Crippen LogP contribution in [0.4, 0.5) is 0 Å². The fourth-order valence-corrected chi connectivity index (χ4v) is 10.2. The molecule has 6 heteroatoms. The van der Waals surface area contributed by atoms with E-state index in [1.165, 1.54) is 263 Å². The summed E-state index contributed by atoms with van der Waals surface area (Å²) in [7, 11) is 0. The van der Waals surface area contributed by atoms with Crippen LogP contribution in [-0.2, 0) is 28.6 Å². The van der Waals surface area contributed by atoms with Gasteiger partial charge in [-0.05, 0) is 51.4 Å². The summed E-state index contributed by atoms with van der Waals surface area (Å²) in [6.07, 6.45) is 76.8. The van der Waals surface area contributed by atoms with Crippen LogP contribution in [0.25, 0.3) is 0 Å². The Labute approximate surface area is 462 Å². The lowest BCUT2D eigenvalue weighted by Gasteiger charge is -2.18. The number of rotatable bonds is 62. The molecule has 0 saturated heterocycles. The van der Waals surface area contributed by atoms with E-state index in [1.807, 2.05) is 0 Å². The van der Waals surface area contributed by atoms with Gasteiger partial charge in [-0.25, -0.2) is 0 Å². The molecule has 0 aromatic rings. The van der Waals surface area contributed by atoms with Gasteiger partial charge < -0.3 is 14.2 Å². The van der Waals surface area contributed by atoms with Crippen LogP contribution in [0.3, 0.4) is 0 Å². The molecule has 0 radical (unpaired) electrons. The molecule has 0 aromatic heterocycles. The van der Waals surface area contributed by atoms with E-state index < -0.39 is 6.10 Å². The van der Waals surface area contributed by atoms with Crippen LogP contribution < -0.4 is 0 Å². The second-order valence-electron chi connectivity index (χ2n) is 22.7. The SMILES string of the molecule is CCCCCCC/C=C\C/C=C\CCCCCCCCCCCCCCCCCCCC(=O)OCC(COC(=O)CCCCCCC)OC(=O)CCCCCCCCCCCCCCCCCCCCCCCC. The lowest BCUT2D eigenvalue weighted by atomic mass is 10.0. The van der Waals surface area contributed by atoms with Crippen molar-refractivity contribution in [1.82, 2.24) is 0 Å². The summed E-state index contributed by atoms with van der Waals surface area (Å²) in [5, 5.41) is 0. The highest BCUT2D eigenvalue weighted by Gasteiger charge is 2.19. The van der Waals surface area contributed by atoms with Gasteiger partial charge in [-0.2, -0.15) is 0 Å². The lowest BCUT2D eigenvalue weighted by molar-refractivity contribution is -0.167. The van der Waals surface area contributed by atoms with Gasteiger partial charge in [0.2, 0.25) is 0 Å². The average molecular weight is 1040 g/mol. The first-order valence-electron chi connectivity index (χ1n) is 33.3.